The van der Waals surface area contributed by atoms with Crippen molar-refractivity contribution in [2.75, 3.05) is 9.80 Å². The maximum Gasteiger partial charge on any atom is 0.252 e. The quantitative estimate of drug-likeness (QED) is 0.0944. The summed E-state index contributed by atoms with van der Waals surface area (Å²) in [6, 6.07) is 143. The van der Waals surface area contributed by atoms with Gasteiger partial charge in [-0.3, -0.25) is 0 Å². The highest BCUT2D eigenvalue weighted by molar-refractivity contribution is 7.00. The predicted octanol–water partition coefficient (Wildman–Crippen LogP) is 27.7. The average Bonchev–Trinajstić information content (AvgIpc) is 1.18. The largest absolute Gasteiger partial charge is 0.310 e. The molecule has 0 amide bonds. The van der Waals surface area contributed by atoms with E-state index in [1.807, 2.05) is 0 Å². The lowest BCUT2D eigenvalue weighted by Gasteiger charge is -2.46. The molecule has 18 aromatic carbocycles. The monoisotopic (exact) mass is 1430 g/mol. The Hall–Kier alpha value is -13.5. The van der Waals surface area contributed by atoms with E-state index in [0.29, 0.717) is 0 Å². The van der Waals surface area contributed by atoms with Crippen molar-refractivity contribution in [2.24, 2.45) is 0 Å². The Labute approximate surface area is 655 Å². The number of rotatable bonds is 11. The van der Waals surface area contributed by atoms with E-state index in [4.69, 9.17) is 0 Å². The second kappa shape index (κ2) is 26.1. The van der Waals surface area contributed by atoms with Gasteiger partial charge in [-0.15, -0.1) is 0 Å². The first-order valence-corrected chi connectivity index (χ1v) is 39.4. The van der Waals surface area contributed by atoms with E-state index in [9.17, 15) is 0 Å². The zero-order chi connectivity index (χ0) is 75.1. The second-order valence-electron chi connectivity index (χ2n) is 32.7. The summed E-state index contributed by atoms with van der Waals surface area (Å²) in [5.74, 6) is 0. The van der Waals surface area contributed by atoms with E-state index >= 15 is 0 Å². The number of anilines is 6. The van der Waals surface area contributed by atoms with E-state index in [1.54, 1.807) is 0 Å². The molecule has 0 fully saturated rings. The Kier molecular flexibility index (Phi) is 15.5. The lowest BCUT2D eigenvalue weighted by atomic mass is 9.33. The van der Waals surface area contributed by atoms with Crippen molar-refractivity contribution in [1.29, 1.82) is 0 Å². The smallest absolute Gasteiger partial charge is 0.252 e. The molecule has 0 spiro atoms. The van der Waals surface area contributed by atoms with Gasteiger partial charge in [0.05, 0.1) is 28.1 Å². The lowest BCUT2D eigenvalue weighted by Crippen LogP contribution is -2.61. The summed E-state index contributed by atoms with van der Waals surface area (Å²) in [5, 5.41) is 10.1. The predicted molar refractivity (Wildman–Crippen MR) is 479 cm³/mol. The molecule has 0 saturated carbocycles. The van der Waals surface area contributed by atoms with Crippen molar-refractivity contribution in [3.8, 4) is 94.7 Å². The second-order valence-corrected chi connectivity index (χ2v) is 32.7. The summed E-state index contributed by atoms with van der Waals surface area (Å²) >= 11 is 0. The van der Waals surface area contributed by atoms with Crippen LogP contribution >= 0.6 is 0 Å². The fourth-order valence-corrected chi connectivity index (χ4v) is 18.5. The van der Waals surface area contributed by atoms with Crippen LogP contribution < -0.4 is 26.2 Å². The molecule has 19 aromatic rings. The van der Waals surface area contributed by atoms with Crippen LogP contribution in [0.25, 0.3) is 149 Å². The van der Waals surface area contributed by atoms with Crippen molar-refractivity contribution in [1.82, 2.24) is 4.57 Å². The summed E-state index contributed by atoms with van der Waals surface area (Å²) in [5.41, 5.74) is 34.2. The number of hydrogen-bond donors (Lipinski definition) is 0. The van der Waals surface area contributed by atoms with Gasteiger partial charge in [0.25, 0.3) is 6.71 Å². The van der Waals surface area contributed by atoms with Crippen LogP contribution in [0.15, 0.2) is 376 Å². The first-order valence-electron chi connectivity index (χ1n) is 39.4. The molecule has 112 heavy (non-hydrogen) atoms. The van der Waals surface area contributed by atoms with E-state index in [-0.39, 0.29) is 17.5 Å². The van der Waals surface area contributed by atoms with Crippen molar-refractivity contribution in [3.63, 3.8) is 0 Å². The molecule has 2 aliphatic heterocycles. The molecule has 0 unspecified atom stereocenters. The van der Waals surface area contributed by atoms with Crippen LogP contribution in [-0.4, -0.2) is 11.3 Å². The van der Waals surface area contributed by atoms with Crippen molar-refractivity contribution >= 4 is 111 Å². The van der Waals surface area contributed by atoms with Crippen molar-refractivity contribution < 1.29 is 0 Å². The number of nitrogens with zero attached hydrogens (tertiary/aromatic N) is 3. The molecule has 0 bridgehead atoms. The van der Waals surface area contributed by atoms with Crippen LogP contribution in [0.3, 0.4) is 0 Å². The number of aromatic nitrogens is 1. The zero-order valence-corrected chi connectivity index (χ0v) is 63.7. The van der Waals surface area contributed by atoms with Crippen LogP contribution in [-0.2, 0) is 10.8 Å². The minimum atomic E-state index is -0.305. The van der Waals surface area contributed by atoms with Gasteiger partial charge in [-0.1, -0.05) is 345 Å². The topological polar surface area (TPSA) is 11.4 Å². The third kappa shape index (κ3) is 10.9. The van der Waals surface area contributed by atoms with Gasteiger partial charge in [0, 0.05) is 55.8 Å². The minimum Gasteiger partial charge on any atom is -0.310 e. The molecule has 0 N–H and O–H groups in total. The Bertz CT molecular complexity index is 6740. The summed E-state index contributed by atoms with van der Waals surface area (Å²) in [6.07, 6.45) is 0. The highest BCUT2D eigenvalue weighted by Crippen LogP contribution is 2.57. The minimum absolute atomic E-state index is 0.0896. The summed E-state index contributed by atoms with van der Waals surface area (Å²) in [4.78, 5) is 5.45. The van der Waals surface area contributed by atoms with Crippen LogP contribution in [0.1, 0.15) is 52.7 Å². The SMILES string of the molecule is CC(C)(C)c1cc2ccc3cc(C(C)(C)C)cc4c(-c5ccc6c(c5)N(c5c(-c7ccccc7)cc(-c7ccccc7)cc5-c5ccccc5)c5cc(-n7c8ccccc8c8ccccc87)cc7c5B6c5cc(-c6ccccc6)ccc5N7c5c(-c6ccccc6)cc(-c6ccccc6)cc5-c5ccccc5)cc(c1)c2c34. The number of fused-ring (bicyclic) bond motifs is 7. The van der Waals surface area contributed by atoms with Gasteiger partial charge in [-0.2, -0.15) is 0 Å². The molecule has 0 aliphatic carbocycles. The normalized spacial score (nSPS) is 12.7. The van der Waals surface area contributed by atoms with Crippen LogP contribution in [0, 0.1) is 0 Å². The standard InChI is InChI=1S/C108H80BN3/c1-107(2,3)83-56-78-50-51-79-57-84(108(4,5)6)66-93-88(63-82(58-83)102(78)103(79)93)77-52-54-94-99(65-77)112(106-91(74-42-24-12-25-43-74)61-81(71-36-18-9-19-37-71)62-92(106)75-44-26-13-27-45-75)101-68-85(110-96-48-30-28-46-86(96)87-47-29-31-49-97(87)110)67-100-104(101)109(94)95-64-76(69-32-14-7-15-33-69)53-55-98(95)111(100)105-89(72-38-20-10-21-39-72)59-80(70-34-16-8-17-35-70)60-90(105)73-40-22-11-23-41-73/h7-68H,1-6H3. The third-order valence-corrected chi connectivity index (χ3v) is 23.9. The van der Waals surface area contributed by atoms with Gasteiger partial charge >= 0.3 is 0 Å². The highest BCUT2D eigenvalue weighted by atomic mass is 15.2. The fraction of sp³-hybridized carbons (Fsp3) is 0.0741. The molecule has 3 heterocycles. The van der Waals surface area contributed by atoms with Crippen LogP contribution in [0.4, 0.5) is 34.1 Å². The third-order valence-electron chi connectivity index (χ3n) is 23.9. The Balaban J connectivity index is 0.971. The molecule has 0 atom stereocenters. The maximum absolute atomic E-state index is 2.75. The van der Waals surface area contributed by atoms with E-state index in [1.165, 1.54) is 76.2 Å². The van der Waals surface area contributed by atoms with E-state index in [0.717, 1.165) is 134 Å². The van der Waals surface area contributed by atoms with Gasteiger partial charge in [0.2, 0.25) is 0 Å². The van der Waals surface area contributed by atoms with Crippen molar-refractivity contribution in [3.05, 3.63) is 387 Å². The molecule has 0 saturated heterocycles. The molecule has 4 heteroatoms. The molecule has 3 nitrogen and oxygen atoms in total. The van der Waals surface area contributed by atoms with Gasteiger partial charge in [-0.05, 0) is 210 Å². The summed E-state index contributed by atoms with van der Waals surface area (Å²) < 4.78 is 2.56. The van der Waals surface area contributed by atoms with Gasteiger partial charge in [0.15, 0.2) is 0 Å². The molecule has 21 rings (SSSR count). The van der Waals surface area contributed by atoms with Crippen molar-refractivity contribution in [2.45, 2.75) is 52.4 Å². The molecule has 530 valence electrons. The summed E-state index contributed by atoms with van der Waals surface area (Å²) in [6.45, 7) is 13.8. The first kappa shape index (κ1) is 66.6. The Morgan fingerprint density at radius 1 is 0.232 bits per heavy atom. The molecule has 2 aliphatic rings. The molecule has 1 aromatic heterocycles. The Morgan fingerprint density at radius 2 is 0.616 bits per heavy atom. The average molecular weight is 1430 g/mol. The van der Waals surface area contributed by atoms with Gasteiger partial charge < -0.3 is 14.4 Å². The molecular formula is C108H80BN3. The Morgan fingerprint density at radius 3 is 1.07 bits per heavy atom. The first-order chi connectivity index (χ1) is 54.8. The highest BCUT2D eigenvalue weighted by Gasteiger charge is 2.46. The zero-order valence-electron chi connectivity index (χ0n) is 63.7. The maximum atomic E-state index is 2.75. The number of hydrogen-bond acceptors (Lipinski definition) is 2. The van der Waals surface area contributed by atoms with Crippen LogP contribution in [0.5, 0.6) is 0 Å². The van der Waals surface area contributed by atoms with E-state index < -0.39 is 0 Å². The van der Waals surface area contributed by atoms with E-state index in [2.05, 4.69) is 432 Å². The molecular weight excluding hydrogens is 1350 g/mol. The summed E-state index contributed by atoms with van der Waals surface area (Å²) in [7, 11) is 0. The lowest BCUT2D eigenvalue weighted by molar-refractivity contribution is 0.591. The van der Waals surface area contributed by atoms with Gasteiger partial charge in [-0.25, -0.2) is 0 Å². The van der Waals surface area contributed by atoms with Crippen LogP contribution in [0.2, 0.25) is 0 Å². The fourth-order valence-electron chi connectivity index (χ4n) is 18.5. The van der Waals surface area contributed by atoms with Gasteiger partial charge in [0.1, 0.15) is 0 Å². The number of benzene rings is 18. The number of para-hydroxylation sites is 2. The molecule has 0 radical (unpaired) electrons.